The number of nitrogens with one attached hydrogen (secondary N) is 1. The first-order valence-electron chi connectivity index (χ1n) is 10.4. The van der Waals surface area contributed by atoms with E-state index in [9.17, 15) is 19.2 Å². The average Bonchev–Trinajstić information content (AvgIpc) is 3.02. The van der Waals surface area contributed by atoms with E-state index < -0.39 is 29.6 Å². The van der Waals surface area contributed by atoms with Gasteiger partial charge in [-0.05, 0) is 68.4 Å². The van der Waals surface area contributed by atoms with Crippen molar-refractivity contribution in [3.8, 4) is 5.75 Å². The van der Waals surface area contributed by atoms with Gasteiger partial charge in [0.2, 0.25) is 5.91 Å². The lowest BCUT2D eigenvalue weighted by molar-refractivity contribution is -0.145. The highest BCUT2D eigenvalue weighted by Gasteiger charge is 2.36. The second-order valence-corrected chi connectivity index (χ2v) is 9.32. The van der Waals surface area contributed by atoms with Crippen LogP contribution in [-0.2, 0) is 19.1 Å². The number of anilines is 1. The molecule has 1 aliphatic heterocycles. The number of carbonyl (C=O) groups is 4. The minimum Gasteiger partial charge on any atom is -0.481 e. The van der Waals surface area contributed by atoms with Crippen molar-refractivity contribution in [2.24, 2.45) is 0 Å². The number of rotatable bonds is 8. The van der Waals surface area contributed by atoms with Crippen LogP contribution >= 0.6 is 27.7 Å². The van der Waals surface area contributed by atoms with Crippen molar-refractivity contribution in [2.45, 2.75) is 20.8 Å². The average molecular weight is 547 g/mol. The van der Waals surface area contributed by atoms with Crippen molar-refractivity contribution >= 4 is 62.5 Å². The second-order valence-electron chi connectivity index (χ2n) is 7.41. The molecule has 0 radical (unpaired) electrons. The van der Waals surface area contributed by atoms with E-state index in [2.05, 4.69) is 21.2 Å². The number of thioether (sulfide) groups is 1. The van der Waals surface area contributed by atoms with Gasteiger partial charge in [0.1, 0.15) is 12.3 Å². The quantitative estimate of drug-likeness (QED) is 0.378. The molecule has 178 valence electrons. The molecule has 1 aliphatic rings. The lowest BCUT2D eigenvalue weighted by Crippen LogP contribution is -2.36. The number of hydrogen-bond donors (Lipinski definition) is 1. The highest BCUT2D eigenvalue weighted by atomic mass is 79.9. The summed E-state index contributed by atoms with van der Waals surface area (Å²) in [5.74, 6) is -1.24. The molecule has 0 atom stereocenters. The smallest absolute Gasteiger partial charge is 0.344 e. The Kier molecular flexibility index (Phi) is 8.51. The zero-order chi connectivity index (χ0) is 24.8. The highest BCUT2D eigenvalue weighted by molar-refractivity contribution is 9.10. The Morgan fingerprint density at radius 2 is 1.91 bits per heavy atom. The maximum Gasteiger partial charge on any atom is 0.344 e. The number of amides is 3. The molecule has 1 N–H and O–H groups in total. The van der Waals surface area contributed by atoms with Crippen molar-refractivity contribution in [2.75, 3.05) is 25.1 Å². The molecular formula is C24H23BrN2O6S. The number of carbonyl (C=O) groups excluding carboxylic acids is 4. The molecule has 0 saturated carbocycles. The molecule has 8 nitrogen and oxygen atoms in total. The van der Waals surface area contributed by atoms with E-state index in [4.69, 9.17) is 9.47 Å². The van der Waals surface area contributed by atoms with Crippen LogP contribution in [-0.4, -0.2) is 47.7 Å². The molecule has 3 rings (SSSR count). The van der Waals surface area contributed by atoms with Gasteiger partial charge in [0.25, 0.3) is 11.1 Å². The Morgan fingerprint density at radius 1 is 1.15 bits per heavy atom. The van der Waals surface area contributed by atoms with E-state index in [0.717, 1.165) is 27.8 Å². The summed E-state index contributed by atoms with van der Waals surface area (Å²) in [6.45, 7) is 5.05. The predicted octanol–water partition coefficient (Wildman–Crippen LogP) is 4.68. The number of ether oxygens (including phenoxy) is 2. The van der Waals surface area contributed by atoms with Gasteiger partial charge in [-0.25, -0.2) is 4.79 Å². The van der Waals surface area contributed by atoms with E-state index in [0.29, 0.717) is 21.5 Å². The van der Waals surface area contributed by atoms with Gasteiger partial charge in [0.15, 0.2) is 6.61 Å². The Hall–Kier alpha value is -3.11. The molecule has 2 aromatic carbocycles. The number of halogens is 1. The molecule has 1 fully saturated rings. The maximum absolute atomic E-state index is 12.9. The minimum atomic E-state index is -0.581. The Balaban J connectivity index is 1.73. The fourth-order valence-corrected chi connectivity index (χ4v) is 4.38. The predicted molar refractivity (Wildman–Crippen MR) is 133 cm³/mol. The molecule has 0 aromatic heterocycles. The summed E-state index contributed by atoms with van der Waals surface area (Å²) in [5, 5.41) is 2.20. The van der Waals surface area contributed by atoms with Crippen LogP contribution in [0.3, 0.4) is 0 Å². The number of benzene rings is 2. The molecule has 2 aromatic rings. The van der Waals surface area contributed by atoms with Crippen LogP contribution in [0.5, 0.6) is 5.75 Å². The molecular weight excluding hydrogens is 524 g/mol. The minimum absolute atomic E-state index is 0.142. The van der Waals surface area contributed by atoms with Gasteiger partial charge in [-0.15, -0.1) is 0 Å². The van der Waals surface area contributed by atoms with Gasteiger partial charge in [-0.3, -0.25) is 19.3 Å². The summed E-state index contributed by atoms with van der Waals surface area (Å²) >= 11 is 4.10. The topological polar surface area (TPSA) is 102 Å². The van der Waals surface area contributed by atoms with E-state index in [1.165, 1.54) is 6.08 Å². The van der Waals surface area contributed by atoms with Crippen molar-refractivity contribution < 1.29 is 28.7 Å². The summed E-state index contributed by atoms with van der Waals surface area (Å²) < 4.78 is 11.1. The Bertz CT molecular complexity index is 1180. The van der Waals surface area contributed by atoms with Gasteiger partial charge in [0.05, 0.1) is 11.5 Å². The van der Waals surface area contributed by atoms with Gasteiger partial charge in [-0.1, -0.05) is 33.6 Å². The van der Waals surface area contributed by atoms with E-state index in [1.807, 2.05) is 26.0 Å². The molecule has 10 heteroatoms. The van der Waals surface area contributed by atoms with Crippen molar-refractivity contribution in [3.05, 3.63) is 62.5 Å². The number of nitrogens with zero attached hydrogens (tertiary/aromatic N) is 1. The first kappa shape index (κ1) is 25.5. The van der Waals surface area contributed by atoms with Crippen LogP contribution in [0.25, 0.3) is 6.08 Å². The van der Waals surface area contributed by atoms with Crippen LogP contribution in [0.2, 0.25) is 0 Å². The van der Waals surface area contributed by atoms with Crippen LogP contribution in [0.1, 0.15) is 23.6 Å². The van der Waals surface area contributed by atoms with Gasteiger partial charge in [0, 0.05) is 15.7 Å². The molecule has 0 aliphatic carbocycles. The fourth-order valence-electron chi connectivity index (χ4n) is 3.17. The van der Waals surface area contributed by atoms with Gasteiger partial charge in [-0.2, -0.15) is 0 Å². The van der Waals surface area contributed by atoms with E-state index in [1.54, 1.807) is 31.2 Å². The van der Waals surface area contributed by atoms with Crippen LogP contribution in [0, 0.1) is 13.8 Å². The normalized spacial score (nSPS) is 14.5. The highest BCUT2D eigenvalue weighted by Crippen LogP contribution is 2.35. The zero-order valence-corrected chi connectivity index (χ0v) is 21.2. The van der Waals surface area contributed by atoms with Crippen molar-refractivity contribution in [1.29, 1.82) is 0 Å². The third-order valence-corrected chi connectivity index (χ3v) is 6.14. The summed E-state index contributed by atoms with van der Waals surface area (Å²) in [5.41, 5.74) is 3.05. The van der Waals surface area contributed by atoms with E-state index >= 15 is 0 Å². The lowest BCUT2D eigenvalue weighted by atomic mass is 10.1. The summed E-state index contributed by atoms with van der Waals surface area (Å²) in [6, 6.07) is 10.6. The third kappa shape index (κ3) is 6.48. The lowest BCUT2D eigenvalue weighted by Gasteiger charge is -2.14. The van der Waals surface area contributed by atoms with E-state index in [-0.39, 0.29) is 18.1 Å². The first-order valence-corrected chi connectivity index (χ1v) is 12.0. The first-order chi connectivity index (χ1) is 16.2. The maximum atomic E-state index is 12.9. The van der Waals surface area contributed by atoms with Crippen LogP contribution in [0.15, 0.2) is 45.8 Å². The third-order valence-electron chi connectivity index (χ3n) is 4.74. The number of aryl methyl sites for hydroxylation is 2. The molecule has 0 spiro atoms. The Morgan fingerprint density at radius 3 is 2.62 bits per heavy atom. The number of imide groups is 1. The van der Waals surface area contributed by atoms with Gasteiger partial charge < -0.3 is 14.8 Å². The molecule has 0 unspecified atom stereocenters. The Labute approximate surface area is 209 Å². The second kappa shape index (κ2) is 11.3. The van der Waals surface area contributed by atoms with Crippen molar-refractivity contribution in [1.82, 2.24) is 4.90 Å². The standard InChI is InChI=1S/C24H23BrN2O6S/c1-4-32-22(29)13-33-19-8-6-17(25)10-16(19)11-20-23(30)27(24(31)34-20)12-21(28)26-18-7-5-14(2)9-15(18)3/h5-11H,4,12-13H2,1-3H3,(H,26,28)/b20-11+. The summed E-state index contributed by atoms with van der Waals surface area (Å²) in [6.07, 6.45) is 1.50. The molecule has 1 saturated heterocycles. The van der Waals surface area contributed by atoms with Crippen molar-refractivity contribution in [3.63, 3.8) is 0 Å². The summed E-state index contributed by atoms with van der Waals surface area (Å²) in [4.78, 5) is 50.5. The number of hydrogen-bond acceptors (Lipinski definition) is 7. The fraction of sp³-hybridized carbons (Fsp3) is 0.250. The molecule has 3 amide bonds. The van der Waals surface area contributed by atoms with Gasteiger partial charge >= 0.3 is 5.97 Å². The SMILES string of the molecule is CCOC(=O)COc1ccc(Br)cc1/C=C1/SC(=O)N(CC(=O)Nc2ccc(C)cc2C)C1=O. The largest absolute Gasteiger partial charge is 0.481 e. The zero-order valence-electron chi connectivity index (χ0n) is 18.8. The monoisotopic (exact) mass is 546 g/mol. The molecule has 1 heterocycles. The number of esters is 1. The summed E-state index contributed by atoms with van der Waals surface area (Å²) in [7, 11) is 0. The van der Waals surface area contributed by atoms with Crippen LogP contribution < -0.4 is 10.1 Å². The molecule has 0 bridgehead atoms. The van der Waals surface area contributed by atoms with Crippen LogP contribution in [0.4, 0.5) is 10.5 Å². The molecule has 34 heavy (non-hydrogen) atoms.